The van der Waals surface area contributed by atoms with Gasteiger partial charge in [-0.2, -0.15) is 0 Å². The van der Waals surface area contributed by atoms with E-state index in [2.05, 4.69) is 39.0 Å². The van der Waals surface area contributed by atoms with Crippen molar-refractivity contribution in [2.75, 3.05) is 0 Å². The monoisotopic (exact) mass is 356 g/mol. The predicted octanol–water partition coefficient (Wildman–Crippen LogP) is 6.99. The molecular weight excluding hydrogens is 320 g/mol. The molecule has 0 fully saturated rings. The molecule has 0 aliphatic carbocycles. The highest BCUT2D eigenvalue weighted by molar-refractivity contribution is 5.81. The first-order valence-corrected chi connectivity index (χ1v) is 10.8. The lowest BCUT2D eigenvalue weighted by Gasteiger charge is -2.11. The summed E-state index contributed by atoms with van der Waals surface area (Å²) < 4.78 is 5.81. The van der Waals surface area contributed by atoms with Crippen LogP contribution in [0.2, 0.25) is 0 Å². The number of hydrogen-bond donors (Lipinski definition) is 0. The largest absolute Gasteiger partial charge is 0.422 e. The van der Waals surface area contributed by atoms with Gasteiger partial charge in [0.1, 0.15) is 5.58 Å². The Morgan fingerprint density at radius 2 is 1.27 bits per heavy atom. The molecule has 1 aromatic carbocycles. The summed E-state index contributed by atoms with van der Waals surface area (Å²) in [5.74, 6) is 0. The molecule has 0 amide bonds. The summed E-state index contributed by atoms with van der Waals surface area (Å²) in [4.78, 5) is 12.4. The van der Waals surface area contributed by atoms with E-state index in [1.165, 1.54) is 49.7 Å². The second-order valence-corrected chi connectivity index (χ2v) is 7.60. The van der Waals surface area contributed by atoms with E-state index in [1.807, 2.05) is 0 Å². The van der Waals surface area contributed by atoms with Gasteiger partial charge in [-0.15, -0.1) is 0 Å². The molecule has 0 aliphatic heterocycles. The highest BCUT2D eigenvalue weighted by Gasteiger charge is 2.11. The minimum atomic E-state index is -0.135. The molecule has 1 aromatic heterocycles. The fourth-order valence-corrected chi connectivity index (χ4v) is 3.63. The first-order valence-electron chi connectivity index (χ1n) is 10.8. The zero-order valence-electron chi connectivity index (χ0n) is 17.0. The molecule has 2 rings (SSSR count). The average Bonchev–Trinajstić information content (AvgIpc) is 2.63. The molecule has 2 nitrogen and oxygen atoms in total. The summed E-state index contributed by atoms with van der Waals surface area (Å²) >= 11 is 0. The Hall–Kier alpha value is -1.57. The molecule has 144 valence electrons. The number of hydrogen-bond acceptors (Lipinski definition) is 2. The van der Waals surface area contributed by atoms with Gasteiger partial charge in [0.2, 0.25) is 0 Å². The predicted molar refractivity (Wildman–Crippen MR) is 112 cm³/mol. The van der Waals surface area contributed by atoms with Crippen molar-refractivity contribution in [1.82, 2.24) is 0 Å². The molecule has 2 aromatic rings. The molecule has 0 N–H and O–H groups in total. The second-order valence-electron chi connectivity index (χ2n) is 7.60. The number of unbranched alkanes of at least 4 members (excludes halogenated alkanes) is 6. The van der Waals surface area contributed by atoms with Crippen molar-refractivity contribution in [2.24, 2.45) is 0 Å². The Bertz CT molecular complexity index is 727. The van der Waals surface area contributed by atoms with Gasteiger partial charge in [-0.3, -0.25) is 0 Å². The highest BCUT2D eigenvalue weighted by atomic mass is 16.4. The second kappa shape index (κ2) is 11.2. The van der Waals surface area contributed by atoms with Crippen LogP contribution < -0.4 is 5.63 Å². The summed E-state index contributed by atoms with van der Waals surface area (Å²) in [6, 6.07) is 6.64. The van der Waals surface area contributed by atoms with Crippen LogP contribution in [0.5, 0.6) is 0 Å². The third-order valence-corrected chi connectivity index (χ3v) is 5.21. The standard InChI is InChI=1S/C24H36O2/c1-4-7-10-13-19-16-20(14-11-8-5-2)23-22(17-19)18-21(24(25)26-23)15-12-9-6-3/h16-18H,4-15H2,1-3H3. The summed E-state index contributed by atoms with van der Waals surface area (Å²) in [7, 11) is 0. The third-order valence-electron chi connectivity index (χ3n) is 5.21. The average molecular weight is 357 g/mol. The van der Waals surface area contributed by atoms with E-state index in [0.717, 1.165) is 55.1 Å². The third kappa shape index (κ3) is 6.00. The zero-order valence-corrected chi connectivity index (χ0v) is 17.0. The molecular formula is C24H36O2. The van der Waals surface area contributed by atoms with Crippen molar-refractivity contribution in [3.8, 4) is 0 Å². The number of benzene rings is 1. The van der Waals surface area contributed by atoms with Crippen molar-refractivity contribution in [3.05, 3.63) is 45.3 Å². The van der Waals surface area contributed by atoms with Gasteiger partial charge in [-0.1, -0.05) is 65.4 Å². The number of aryl methyl sites for hydroxylation is 3. The van der Waals surface area contributed by atoms with Crippen molar-refractivity contribution < 1.29 is 4.42 Å². The summed E-state index contributed by atoms with van der Waals surface area (Å²) in [5.41, 5.74) is 4.15. The normalized spacial score (nSPS) is 11.3. The van der Waals surface area contributed by atoms with Crippen molar-refractivity contribution >= 4 is 11.0 Å². The van der Waals surface area contributed by atoms with E-state index < -0.39 is 0 Å². The van der Waals surface area contributed by atoms with Crippen molar-refractivity contribution in [3.63, 3.8) is 0 Å². The van der Waals surface area contributed by atoms with Gasteiger partial charge in [0.15, 0.2) is 0 Å². The molecule has 26 heavy (non-hydrogen) atoms. The lowest BCUT2D eigenvalue weighted by molar-refractivity contribution is 0.540. The Kier molecular flexibility index (Phi) is 8.94. The van der Waals surface area contributed by atoms with Crippen LogP contribution in [0, 0.1) is 0 Å². The van der Waals surface area contributed by atoms with Crippen LogP contribution in [-0.4, -0.2) is 0 Å². The van der Waals surface area contributed by atoms with Gasteiger partial charge < -0.3 is 4.42 Å². The maximum atomic E-state index is 12.4. The first-order chi connectivity index (χ1) is 12.7. The molecule has 1 heterocycles. The van der Waals surface area contributed by atoms with Crippen LogP contribution in [0.3, 0.4) is 0 Å². The summed E-state index contributed by atoms with van der Waals surface area (Å²) in [6.07, 6.45) is 13.7. The van der Waals surface area contributed by atoms with Crippen LogP contribution >= 0.6 is 0 Å². The Labute approximate surface area is 159 Å². The van der Waals surface area contributed by atoms with Gasteiger partial charge in [0, 0.05) is 10.9 Å². The van der Waals surface area contributed by atoms with Crippen LogP contribution in [-0.2, 0) is 19.3 Å². The molecule has 0 bridgehead atoms. The quantitative estimate of drug-likeness (QED) is 0.303. The Morgan fingerprint density at radius 3 is 1.88 bits per heavy atom. The molecule has 0 saturated heterocycles. The van der Waals surface area contributed by atoms with Gasteiger partial charge >= 0.3 is 5.63 Å². The van der Waals surface area contributed by atoms with Crippen LogP contribution in [0.4, 0.5) is 0 Å². The fourth-order valence-electron chi connectivity index (χ4n) is 3.63. The summed E-state index contributed by atoms with van der Waals surface area (Å²) in [5, 5.41) is 1.12. The Balaban J connectivity index is 2.34. The molecule has 0 unspecified atom stereocenters. The van der Waals surface area contributed by atoms with E-state index in [4.69, 9.17) is 4.42 Å². The van der Waals surface area contributed by atoms with Crippen LogP contribution in [0.15, 0.2) is 27.4 Å². The van der Waals surface area contributed by atoms with E-state index in [1.54, 1.807) is 0 Å². The van der Waals surface area contributed by atoms with E-state index in [-0.39, 0.29) is 5.63 Å². The number of fused-ring (bicyclic) bond motifs is 1. The van der Waals surface area contributed by atoms with E-state index in [0.29, 0.717) is 0 Å². The number of rotatable bonds is 12. The van der Waals surface area contributed by atoms with Gasteiger partial charge in [-0.25, -0.2) is 4.79 Å². The van der Waals surface area contributed by atoms with Crippen LogP contribution in [0.25, 0.3) is 11.0 Å². The Morgan fingerprint density at radius 1 is 0.692 bits per heavy atom. The highest BCUT2D eigenvalue weighted by Crippen LogP contribution is 2.24. The van der Waals surface area contributed by atoms with E-state index >= 15 is 0 Å². The first kappa shape index (κ1) is 20.7. The van der Waals surface area contributed by atoms with Crippen molar-refractivity contribution in [2.45, 2.75) is 97.8 Å². The molecule has 2 heteroatoms. The maximum Gasteiger partial charge on any atom is 0.339 e. The molecule has 0 atom stereocenters. The molecule has 0 saturated carbocycles. The fraction of sp³-hybridized carbons (Fsp3) is 0.625. The molecule has 0 spiro atoms. The minimum Gasteiger partial charge on any atom is -0.422 e. The topological polar surface area (TPSA) is 30.2 Å². The zero-order chi connectivity index (χ0) is 18.8. The summed E-state index contributed by atoms with van der Waals surface area (Å²) in [6.45, 7) is 6.66. The smallest absolute Gasteiger partial charge is 0.339 e. The SMILES string of the molecule is CCCCCc1cc(CCCCC)c2oc(=O)c(CCCCC)cc2c1. The van der Waals surface area contributed by atoms with Gasteiger partial charge in [-0.05, 0) is 61.8 Å². The van der Waals surface area contributed by atoms with Crippen LogP contribution in [0.1, 0.15) is 95.2 Å². The minimum absolute atomic E-state index is 0.135. The molecule has 0 aliphatic rings. The maximum absolute atomic E-state index is 12.4. The lowest BCUT2D eigenvalue weighted by Crippen LogP contribution is -2.08. The van der Waals surface area contributed by atoms with Crippen molar-refractivity contribution in [1.29, 1.82) is 0 Å². The van der Waals surface area contributed by atoms with E-state index in [9.17, 15) is 4.79 Å². The lowest BCUT2D eigenvalue weighted by atomic mass is 9.97. The van der Waals surface area contributed by atoms with Gasteiger partial charge in [0.25, 0.3) is 0 Å². The van der Waals surface area contributed by atoms with Gasteiger partial charge in [0.05, 0.1) is 0 Å². The molecule has 0 radical (unpaired) electrons.